The minimum absolute atomic E-state index is 0.00261. The molecule has 2 aliphatic heterocycles. The third-order valence-electron chi connectivity index (χ3n) is 6.15. The first kappa shape index (κ1) is 30.6. The summed E-state index contributed by atoms with van der Waals surface area (Å²) in [7, 11) is 0. The SMILES string of the molecule is CC(C)C(C(=O)NCCN1CCOCC1)C(=O)OC(=O)C(C(=O)ONC(=O)CN1CCOCC1)C(C)C. The van der Waals surface area contributed by atoms with Crippen LogP contribution in [0.2, 0.25) is 0 Å². The Hall–Kier alpha value is -2.61. The fourth-order valence-electron chi connectivity index (χ4n) is 3.99. The molecule has 0 aliphatic carbocycles. The van der Waals surface area contributed by atoms with Crippen molar-refractivity contribution in [1.82, 2.24) is 20.6 Å². The third kappa shape index (κ3) is 10.3. The van der Waals surface area contributed by atoms with Gasteiger partial charge in [0.1, 0.15) is 5.92 Å². The molecule has 0 bridgehead atoms. The first-order valence-corrected chi connectivity index (χ1v) is 12.7. The van der Waals surface area contributed by atoms with Crippen LogP contribution in [0.25, 0.3) is 0 Å². The molecule has 0 spiro atoms. The molecule has 0 aromatic carbocycles. The largest absolute Gasteiger partial charge is 0.392 e. The average Bonchev–Trinajstić information content (AvgIpc) is 2.83. The Labute approximate surface area is 217 Å². The van der Waals surface area contributed by atoms with Crippen LogP contribution in [0.5, 0.6) is 0 Å². The Kier molecular flexibility index (Phi) is 12.9. The van der Waals surface area contributed by atoms with Gasteiger partial charge >= 0.3 is 17.9 Å². The van der Waals surface area contributed by atoms with Gasteiger partial charge in [-0.15, -0.1) is 0 Å². The van der Waals surface area contributed by atoms with Crippen molar-refractivity contribution in [2.45, 2.75) is 27.7 Å². The molecule has 0 aromatic heterocycles. The maximum atomic E-state index is 12.8. The Balaban J connectivity index is 1.86. The standard InChI is InChI=1S/C24H40N4O9/c1-16(2)19(21(30)25-5-6-27-7-11-34-12-8-27)22(31)36-23(32)20(17(3)4)24(33)37-26-18(29)15-28-9-13-35-14-10-28/h16-17,19-20H,5-15H2,1-4H3,(H,25,30)(H,26,29). The molecule has 37 heavy (non-hydrogen) atoms. The van der Waals surface area contributed by atoms with E-state index >= 15 is 0 Å². The van der Waals surface area contributed by atoms with Crippen LogP contribution in [-0.2, 0) is 43.0 Å². The van der Waals surface area contributed by atoms with Crippen LogP contribution >= 0.6 is 0 Å². The van der Waals surface area contributed by atoms with Gasteiger partial charge in [0.05, 0.1) is 33.0 Å². The number of morpholine rings is 2. The first-order chi connectivity index (χ1) is 17.6. The molecule has 13 nitrogen and oxygen atoms in total. The predicted octanol–water partition coefficient (Wildman–Crippen LogP) is -1.04. The van der Waals surface area contributed by atoms with E-state index in [4.69, 9.17) is 19.0 Å². The number of rotatable bonds is 11. The average molecular weight is 529 g/mol. The molecule has 210 valence electrons. The number of hydroxylamine groups is 1. The fourth-order valence-corrected chi connectivity index (χ4v) is 3.99. The van der Waals surface area contributed by atoms with Gasteiger partial charge in [-0.25, -0.2) is 4.79 Å². The van der Waals surface area contributed by atoms with Gasteiger partial charge in [-0.3, -0.25) is 29.0 Å². The number of nitrogens with zero attached hydrogens (tertiary/aromatic N) is 2. The number of amides is 2. The zero-order valence-electron chi connectivity index (χ0n) is 22.2. The molecule has 13 heteroatoms. The van der Waals surface area contributed by atoms with Crippen molar-refractivity contribution < 1.29 is 43.0 Å². The maximum Gasteiger partial charge on any atom is 0.346 e. The van der Waals surface area contributed by atoms with Crippen LogP contribution in [0.1, 0.15) is 27.7 Å². The van der Waals surface area contributed by atoms with Crippen molar-refractivity contribution in [2.24, 2.45) is 23.7 Å². The maximum absolute atomic E-state index is 12.8. The summed E-state index contributed by atoms with van der Waals surface area (Å²) in [6, 6.07) is 0. The van der Waals surface area contributed by atoms with Crippen molar-refractivity contribution >= 4 is 29.7 Å². The topological polar surface area (TPSA) is 153 Å². The molecule has 0 saturated carbocycles. The molecule has 2 heterocycles. The molecule has 2 aliphatic rings. The van der Waals surface area contributed by atoms with Crippen molar-refractivity contribution in [3.8, 4) is 0 Å². The van der Waals surface area contributed by atoms with Crippen LogP contribution in [-0.4, -0.2) is 112 Å². The third-order valence-corrected chi connectivity index (χ3v) is 6.15. The highest BCUT2D eigenvalue weighted by molar-refractivity contribution is 6.05. The molecular weight excluding hydrogens is 488 g/mol. The van der Waals surface area contributed by atoms with Gasteiger partial charge in [-0.05, 0) is 11.8 Å². The second kappa shape index (κ2) is 15.6. The van der Waals surface area contributed by atoms with Gasteiger partial charge in [0.25, 0.3) is 5.91 Å². The lowest BCUT2D eigenvalue weighted by Crippen LogP contribution is -2.46. The molecule has 2 atom stereocenters. The van der Waals surface area contributed by atoms with E-state index in [-0.39, 0.29) is 6.54 Å². The van der Waals surface area contributed by atoms with Crippen molar-refractivity contribution in [1.29, 1.82) is 0 Å². The predicted molar refractivity (Wildman–Crippen MR) is 130 cm³/mol. The summed E-state index contributed by atoms with van der Waals surface area (Å²) in [5, 5.41) is 2.72. The smallest absolute Gasteiger partial charge is 0.346 e. The van der Waals surface area contributed by atoms with Crippen molar-refractivity contribution in [3.63, 3.8) is 0 Å². The lowest BCUT2D eigenvalue weighted by molar-refractivity contribution is -0.177. The highest BCUT2D eigenvalue weighted by Crippen LogP contribution is 2.19. The Morgan fingerprint density at radius 2 is 1.27 bits per heavy atom. The van der Waals surface area contributed by atoms with Crippen molar-refractivity contribution in [3.05, 3.63) is 0 Å². The molecule has 2 amide bonds. The monoisotopic (exact) mass is 528 g/mol. The lowest BCUT2D eigenvalue weighted by atomic mass is 9.94. The normalized spacial score (nSPS) is 18.6. The molecule has 2 N–H and O–H groups in total. The van der Waals surface area contributed by atoms with E-state index < -0.39 is 53.4 Å². The van der Waals surface area contributed by atoms with Gasteiger partial charge in [0.2, 0.25) is 5.91 Å². The number of hydrogen-bond acceptors (Lipinski definition) is 11. The minimum Gasteiger partial charge on any atom is -0.392 e. The first-order valence-electron chi connectivity index (χ1n) is 12.7. The van der Waals surface area contributed by atoms with Crippen LogP contribution in [0.3, 0.4) is 0 Å². The number of ether oxygens (including phenoxy) is 3. The number of carbonyl (C=O) groups excluding carboxylic acids is 5. The van der Waals surface area contributed by atoms with Crippen LogP contribution in [0.4, 0.5) is 0 Å². The molecule has 2 fully saturated rings. The van der Waals surface area contributed by atoms with Gasteiger partial charge < -0.3 is 24.4 Å². The van der Waals surface area contributed by atoms with Gasteiger partial charge in [-0.1, -0.05) is 27.7 Å². The van der Waals surface area contributed by atoms with E-state index in [9.17, 15) is 24.0 Å². The van der Waals surface area contributed by atoms with E-state index in [1.165, 1.54) is 0 Å². The quantitative estimate of drug-likeness (QED) is 0.192. The molecule has 2 unspecified atom stereocenters. The van der Waals surface area contributed by atoms with Gasteiger partial charge in [0.15, 0.2) is 5.92 Å². The van der Waals surface area contributed by atoms with Crippen LogP contribution in [0.15, 0.2) is 0 Å². The van der Waals surface area contributed by atoms with E-state index in [0.717, 1.165) is 13.1 Å². The molecule has 2 saturated heterocycles. The Bertz CT molecular complexity index is 793. The Morgan fingerprint density at radius 1 is 0.757 bits per heavy atom. The second-order valence-electron chi connectivity index (χ2n) is 9.76. The summed E-state index contributed by atoms with van der Waals surface area (Å²) in [5.41, 5.74) is 2.04. The highest BCUT2D eigenvalue weighted by Gasteiger charge is 2.39. The number of esters is 2. The second-order valence-corrected chi connectivity index (χ2v) is 9.76. The molecular formula is C24H40N4O9. The zero-order valence-corrected chi connectivity index (χ0v) is 22.2. The number of carbonyl (C=O) groups is 5. The summed E-state index contributed by atoms with van der Waals surface area (Å²) in [6.07, 6.45) is 0. The van der Waals surface area contributed by atoms with E-state index in [2.05, 4.69) is 10.2 Å². The van der Waals surface area contributed by atoms with Gasteiger partial charge in [0, 0.05) is 39.3 Å². The van der Waals surface area contributed by atoms with Crippen LogP contribution < -0.4 is 10.8 Å². The highest BCUT2D eigenvalue weighted by atomic mass is 16.7. The number of nitrogens with one attached hydrogen (secondary N) is 2. The lowest BCUT2D eigenvalue weighted by Gasteiger charge is -2.27. The molecule has 0 aromatic rings. The minimum atomic E-state index is -1.47. The summed E-state index contributed by atoms with van der Waals surface area (Å²) in [5.74, 6) is -8.10. The van der Waals surface area contributed by atoms with Gasteiger partial charge in [-0.2, -0.15) is 5.48 Å². The molecule has 2 rings (SSSR count). The Morgan fingerprint density at radius 3 is 1.81 bits per heavy atom. The number of hydrogen-bond donors (Lipinski definition) is 2. The van der Waals surface area contributed by atoms with E-state index in [1.807, 2.05) is 10.4 Å². The summed E-state index contributed by atoms with van der Waals surface area (Å²) in [6.45, 7) is 12.4. The van der Waals surface area contributed by atoms with Crippen LogP contribution in [0, 0.1) is 23.7 Å². The van der Waals surface area contributed by atoms with E-state index in [0.29, 0.717) is 52.6 Å². The summed E-state index contributed by atoms with van der Waals surface area (Å²) >= 11 is 0. The zero-order chi connectivity index (χ0) is 27.4. The van der Waals surface area contributed by atoms with E-state index in [1.54, 1.807) is 27.7 Å². The molecule has 0 radical (unpaired) electrons. The fraction of sp³-hybridized carbons (Fsp3) is 0.792. The summed E-state index contributed by atoms with van der Waals surface area (Å²) < 4.78 is 15.5. The summed E-state index contributed by atoms with van der Waals surface area (Å²) in [4.78, 5) is 71.7. The van der Waals surface area contributed by atoms with Crippen molar-refractivity contribution in [2.75, 3.05) is 72.2 Å².